The van der Waals surface area contributed by atoms with Crippen LogP contribution in [0.2, 0.25) is 0 Å². The lowest BCUT2D eigenvalue weighted by molar-refractivity contribution is -0.150. The van der Waals surface area contributed by atoms with E-state index in [1.807, 2.05) is 116 Å². The summed E-state index contributed by atoms with van der Waals surface area (Å²) in [4.78, 5) is 106. The molecule has 0 unspecified atom stereocenters. The molecule has 2 aliphatic heterocycles. The molecule has 81 heavy (non-hydrogen) atoms. The minimum Gasteiger partial charge on any atom is -0.466 e. The van der Waals surface area contributed by atoms with Crippen LogP contribution in [0.25, 0.3) is 0 Å². The molecule has 0 aromatic heterocycles. The number of hydrogen-bond donors (Lipinski definition) is 1. The summed E-state index contributed by atoms with van der Waals surface area (Å²) in [6, 6.07) is 39.0. The molecule has 22 heteroatoms. The van der Waals surface area contributed by atoms with Crippen LogP contribution in [-0.4, -0.2) is 135 Å². The van der Waals surface area contributed by atoms with E-state index in [1.54, 1.807) is 30.6 Å². The lowest BCUT2D eigenvalue weighted by Crippen LogP contribution is -2.38. The van der Waals surface area contributed by atoms with Gasteiger partial charge >= 0.3 is 34.0 Å². The highest BCUT2D eigenvalue weighted by Gasteiger charge is 2.24. The van der Waals surface area contributed by atoms with Crippen molar-refractivity contribution in [2.75, 3.05) is 58.9 Å². The van der Waals surface area contributed by atoms with Crippen LogP contribution in [0.1, 0.15) is 94.9 Å². The molecule has 2 heterocycles. The standard InChI is InChI=1S/C17H23NO5.C13H15NO4S.C12H13NO2.C12H17NO2.C5H7ClO3/c1-3-22-16(20)10-11-18(13-14-8-6-5-7-9-14)15(19)12-17(21)23-4-2;1-19(16,17)18-12-7-8-14(13(15)9-12)10-11-5-3-2-4-6-11;14-11-6-7-13(12(15)8-11)9-10-4-2-1-3-5-10;1-2-15-12(14)8-9-13-10-11-6-4-3-5-7-11;1-2-9-5(8)3-4(6)7/h5-9H,3-4,10-13H2,1-2H3;2-6,9H,7-8,10H2,1H3;1-5H,6-9H2;3-7,13H,2,8-10H2,1H3;2-3H2,1H3. The topological polar surface area (TPSA) is 256 Å². The Kier molecular flexibility index (Phi) is 34.6. The molecule has 6 rings (SSSR count). The van der Waals surface area contributed by atoms with Gasteiger partial charge in [0.25, 0.3) is 0 Å². The Morgan fingerprint density at radius 3 is 1.49 bits per heavy atom. The Bertz CT molecular complexity index is 2720. The number of benzene rings is 4. The molecule has 1 fully saturated rings. The number of carbonyl (C=O) groups is 9. The molecule has 0 bridgehead atoms. The monoisotopic (exact) mass is 1160 g/mol. The minimum absolute atomic E-state index is 0.0462. The summed E-state index contributed by atoms with van der Waals surface area (Å²) in [7, 11) is -3.56. The third kappa shape index (κ3) is 33.4. The van der Waals surface area contributed by atoms with E-state index in [0.717, 1.165) is 29.5 Å². The average Bonchev–Trinajstić information content (AvgIpc) is 3.42. The van der Waals surface area contributed by atoms with E-state index in [0.29, 0.717) is 71.7 Å². The first-order valence-electron chi connectivity index (χ1n) is 26.4. The van der Waals surface area contributed by atoms with Gasteiger partial charge in [-0.1, -0.05) is 121 Å². The van der Waals surface area contributed by atoms with Gasteiger partial charge in [0.1, 0.15) is 24.4 Å². The number of piperidine rings is 1. The summed E-state index contributed by atoms with van der Waals surface area (Å²) in [5.41, 5.74) is 4.30. The lowest BCUT2D eigenvalue weighted by Gasteiger charge is -2.26. The first kappa shape index (κ1) is 69.4. The van der Waals surface area contributed by atoms with E-state index < -0.39 is 27.3 Å². The molecule has 1 saturated heterocycles. The number of Topliss-reactive ketones (excluding diaryl/α,β-unsaturated/α-hetero) is 1. The van der Waals surface area contributed by atoms with E-state index in [9.17, 15) is 51.6 Å². The van der Waals surface area contributed by atoms with Crippen LogP contribution in [0.4, 0.5) is 0 Å². The predicted octanol–water partition coefficient (Wildman–Crippen LogP) is 7.01. The van der Waals surface area contributed by atoms with Gasteiger partial charge < -0.3 is 43.1 Å². The van der Waals surface area contributed by atoms with E-state index in [-0.39, 0.29) is 86.6 Å². The Hall–Kier alpha value is -7.75. The molecule has 20 nitrogen and oxygen atoms in total. The van der Waals surface area contributed by atoms with Crippen molar-refractivity contribution in [3.8, 4) is 0 Å². The molecule has 440 valence electrons. The van der Waals surface area contributed by atoms with Crippen LogP contribution in [0, 0.1) is 0 Å². The number of ether oxygens (including phenoxy) is 4. The number of carbonyl (C=O) groups excluding carboxylic acids is 9. The van der Waals surface area contributed by atoms with Gasteiger partial charge in [-0.3, -0.25) is 43.2 Å². The second kappa shape index (κ2) is 40.4. The zero-order valence-corrected chi connectivity index (χ0v) is 48.3. The summed E-state index contributed by atoms with van der Waals surface area (Å²) >= 11 is 4.87. The number of likely N-dealkylation sites (tertiary alicyclic amines) is 1. The molecular formula is C59H75ClN4O16S. The molecule has 0 radical (unpaired) electrons. The fraction of sp³-hybridized carbons (Fsp3) is 0.407. The van der Waals surface area contributed by atoms with Crippen molar-refractivity contribution in [1.29, 1.82) is 0 Å². The highest BCUT2D eigenvalue weighted by atomic mass is 35.5. The van der Waals surface area contributed by atoms with Crippen molar-refractivity contribution in [2.24, 2.45) is 0 Å². The minimum atomic E-state index is -3.56. The number of rotatable bonds is 24. The van der Waals surface area contributed by atoms with Crippen LogP contribution < -0.4 is 5.32 Å². The number of ketones is 1. The Morgan fingerprint density at radius 2 is 1.02 bits per heavy atom. The van der Waals surface area contributed by atoms with Crippen LogP contribution in [0.15, 0.2) is 133 Å². The molecule has 0 saturated carbocycles. The molecule has 1 N–H and O–H groups in total. The van der Waals surface area contributed by atoms with Gasteiger partial charge in [-0.25, -0.2) is 0 Å². The number of nitrogens with one attached hydrogen (secondary N) is 1. The van der Waals surface area contributed by atoms with Crippen LogP contribution >= 0.6 is 11.6 Å². The van der Waals surface area contributed by atoms with Crippen molar-refractivity contribution in [3.05, 3.63) is 155 Å². The summed E-state index contributed by atoms with van der Waals surface area (Å²) in [6.07, 6.45) is 3.05. The SMILES string of the molecule is CCOC(=O)CC(=O)Cl.CCOC(=O)CCN(Cc1ccccc1)C(=O)CC(=O)OCC.CCOC(=O)CCNCc1ccccc1.CS(=O)(=O)OC1=CC(=O)N(Cc2ccccc2)CC1.O=C1CCN(Cc2ccccc2)C(=O)C1. The second-order valence-electron chi connectivity index (χ2n) is 17.6. The number of nitrogens with zero attached hydrogens (tertiary/aromatic N) is 3. The molecule has 3 amide bonds. The zero-order valence-electron chi connectivity index (χ0n) is 46.7. The van der Waals surface area contributed by atoms with Gasteiger partial charge in [0, 0.05) is 71.3 Å². The molecule has 0 atom stereocenters. The van der Waals surface area contributed by atoms with Gasteiger partial charge in [0.05, 0.1) is 51.9 Å². The first-order valence-corrected chi connectivity index (χ1v) is 28.6. The van der Waals surface area contributed by atoms with Gasteiger partial charge in [-0.2, -0.15) is 8.42 Å². The third-order valence-corrected chi connectivity index (χ3v) is 11.6. The van der Waals surface area contributed by atoms with Gasteiger partial charge in [0.15, 0.2) is 0 Å². The lowest BCUT2D eigenvalue weighted by atomic mass is 10.1. The van der Waals surface area contributed by atoms with Crippen molar-refractivity contribution in [1.82, 2.24) is 20.0 Å². The third-order valence-electron chi connectivity index (χ3n) is 10.9. The Labute approximate surface area is 480 Å². The second-order valence-corrected chi connectivity index (χ2v) is 19.5. The maximum absolute atomic E-state index is 12.3. The normalized spacial score (nSPS) is 12.6. The molecule has 2 aliphatic rings. The zero-order chi connectivity index (χ0) is 59.8. The van der Waals surface area contributed by atoms with Crippen molar-refractivity contribution >= 4 is 74.3 Å². The highest BCUT2D eigenvalue weighted by molar-refractivity contribution is 7.86. The summed E-state index contributed by atoms with van der Waals surface area (Å²) in [6.45, 7) is 12.3. The predicted molar refractivity (Wildman–Crippen MR) is 302 cm³/mol. The van der Waals surface area contributed by atoms with Crippen LogP contribution in [-0.2, 0) is 103 Å². The van der Waals surface area contributed by atoms with E-state index in [2.05, 4.69) is 22.2 Å². The van der Waals surface area contributed by atoms with Crippen molar-refractivity contribution < 1.29 is 74.7 Å². The fourth-order valence-corrected chi connectivity index (χ4v) is 7.81. The van der Waals surface area contributed by atoms with Crippen LogP contribution in [0.3, 0.4) is 0 Å². The summed E-state index contributed by atoms with van der Waals surface area (Å²) in [5, 5.41) is 2.50. The van der Waals surface area contributed by atoms with E-state index >= 15 is 0 Å². The van der Waals surface area contributed by atoms with E-state index in [4.69, 9.17) is 30.0 Å². The maximum Gasteiger partial charge on any atom is 0.315 e. The molecule has 0 spiro atoms. The summed E-state index contributed by atoms with van der Waals surface area (Å²) < 4.78 is 45.6. The average molecular weight is 1160 g/mol. The molecule has 4 aromatic rings. The van der Waals surface area contributed by atoms with Gasteiger partial charge in [0.2, 0.25) is 23.0 Å². The van der Waals surface area contributed by atoms with Crippen molar-refractivity contribution in [3.63, 3.8) is 0 Å². The van der Waals surface area contributed by atoms with Crippen LogP contribution in [0.5, 0.6) is 0 Å². The Morgan fingerprint density at radius 1 is 0.580 bits per heavy atom. The fourth-order valence-electron chi connectivity index (χ4n) is 7.18. The molecular weight excluding hydrogens is 1090 g/mol. The highest BCUT2D eigenvalue weighted by Crippen LogP contribution is 2.18. The maximum atomic E-state index is 12.3. The first-order chi connectivity index (χ1) is 38.7. The number of halogens is 1. The summed E-state index contributed by atoms with van der Waals surface area (Å²) in [5.74, 6) is -2.02. The molecule has 4 aromatic carbocycles. The quantitative estimate of drug-likeness (QED) is 0.0185. The molecule has 0 aliphatic carbocycles. The van der Waals surface area contributed by atoms with Gasteiger partial charge in [-0.15, -0.1) is 0 Å². The van der Waals surface area contributed by atoms with E-state index in [1.165, 1.54) is 16.5 Å². The largest absolute Gasteiger partial charge is 0.466 e. The number of esters is 4. The van der Waals surface area contributed by atoms with Crippen molar-refractivity contribution in [2.45, 2.75) is 98.8 Å². The number of hydrogen-bond acceptors (Lipinski definition) is 17. The van der Waals surface area contributed by atoms with Gasteiger partial charge in [-0.05, 0) is 61.5 Å². The Balaban J connectivity index is 0.000000355. The number of amides is 3. The smallest absolute Gasteiger partial charge is 0.315 e.